The van der Waals surface area contributed by atoms with Gasteiger partial charge in [-0.2, -0.15) is 4.31 Å². The minimum Gasteiger partial charge on any atom is -0.381 e. The van der Waals surface area contributed by atoms with Crippen LogP contribution in [0.15, 0.2) is 23.1 Å². The minimum atomic E-state index is -3.47. The number of hydrogen-bond acceptors (Lipinski definition) is 4. The molecule has 0 saturated carbocycles. The van der Waals surface area contributed by atoms with E-state index in [-0.39, 0.29) is 11.8 Å². The first kappa shape index (κ1) is 17.4. The molecule has 1 fully saturated rings. The SMILES string of the molecule is CCN(CC)S(=O)(=O)c1ccc2c(c1)CCN2C(=O)C1CCOC1. The maximum Gasteiger partial charge on any atom is 0.243 e. The van der Waals surface area contributed by atoms with Crippen molar-refractivity contribution in [2.45, 2.75) is 31.6 Å². The second-order valence-electron chi connectivity index (χ2n) is 6.18. The monoisotopic (exact) mass is 352 g/mol. The molecular formula is C17H24N2O4S. The number of carbonyl (C=O) groups is 1. The summed E-state index contributed by atoms with van der Waals surface area (Å²) in [5, 5.41) is 0. The van der Waals surface area contributed by atoms with Gasteiger partial charge in [-0.05, 0) is 36.6 Å². The second kappa shape index (κ2) is 6.82. The molecule has 1 atom stereocenters. The third kappa shape index (κ3) is 2.96. The van der Waals surface area contributed by atoms with Gasteiger partial charge in [0.25, 0.3) is 0 Å². The number of benzene rings is 1. The van der Waals surface area contributed by atoms with E-state index in [0.717, 1.165) is 17.7 Å². The second-order valence-corrected chi connectivity index (χ2v) is 8.12. The lowest BCUT2D eigenvalue weighted by molar-refractivity contribution is -0.122. The normalized spacial score (nSPS) is 20.6. The number of sulfonamides is 1. The summed E-state index contributed by atoms with van der Waals surface area (Å²) in [6, 6.07) is 5.11. The fourth-order valence-corrected chi connectivity index (χ4v) is 4.94. The van der Waals surface area contributed by atoms with E-state index in [0.29, 0.717) is 44.2 Å². The third-order valence-corrected chi connectivity index (χ3v) is 6.88. The molecule has 2 heterocycles. The molecule has 7 heteroatoms. The largest absolute Gasteiger partial charge is 0.381 e. The van der Waals surface area contributed by atoms with Crippen LogP contribution in [0.3, 0.4) is 0 Å². The molecule has 1 aromatic carbocycles. The zero-order valence-electron chi connectivity index (χ0n) is 14.2. The summed E-state index contributed by atoms with van der Waals surface area (Å²) in [6.07, 6.45) is 1.45. The molecule has 0 radical (unpaired) electrons. The molecule has 3 rings (SSSR count). The molecule has 0 aromatic heterocycles. The molecule has 24 heavy (non-hydrogen) atoms. The topological polar surface area (TPSA) is 66.9 Å². The smallest absolute Gasteiger partial charge is 0.243 e. The predicted octanol–water partition coefficient (Wildman–Crippen LogP) is 1.64. The van der Waals surface area contributed by atoms with Crippen LogP contribution < -0.4 is 4.90 Å². The van der Waals surface area contributed by atoms with Crippen LogP contribution in [0.25, 0.3) is 0 Å². The standard InChI is InChI=1S/C17H24N2O4S/c1-3-18(4-2)24(21,22)15-5-6-16-13(11-15)7-9-19(16)17(20)14-8-10-23-12-14/h5-6,11,14H,3-4,7-10,12H2,1-2H3. The van der Waals surface area contributed by atoms with Gasteiger partial charge < -0.3 is 9.64 Å². The Morgan fingerprint density at radius 2 is 2.08 bits per heavy atom. The van der Waals surface area contributed by atoms with Gasteiger partial charge in [-0.25, -0.2) is 8.42 Å². The van der Waals surface area contributed by atoms with Gasteiger partial charge in [-0.15, -0.1) is 0 Å². The molecule has 6 nitrogen and oxygen atoms in total. The van der Waals surface area contributed by atoms with E-state index in [1.165, 1.54) is 4.31 Å². The van der Waals surface area contributed by atoms with Crippen molar-refractivity contribution in [3.8, 4) is 0 Å². The average Bonchev–Trinajstić information content (AvgIpc) is 3.24. The Labute approximate surface area is 143 Å². The van der Waals surface area contributed by atoms with Crippen LogP contribution in [0.2, 0.25) is 0 Å². The van der Waals surface area contributed by atoms with Crippen LogP contribution in [0.1, 0.15) is 25.8 Å². The van der Waals surface area contributed by atoms with E-state index in [1.807, 2.05) is 13.8 Å². The lowest BCUT2D eigenvalue weighted by Crippen LogP contribution is -2.35. The van der Waals surface area contributed by atoms with Crippen molar-refractivity contribution < 1.29 is 17.9 Å². The highest BCUT2D eigenvalue weighted by atomic mass is 32.2. The van der Waals surface area contributed by atoms with Gasteiger partial charge in [0.1, 0.15) is 0 Å². The molecule has 1 amide bonds. The summed E-state index contributed by atoms with van der Waals surface area (Å²) in [6.45, 7) is 6.29. The van der Waals surface area contributed by atoms with Gasteiger partial charge in [0.2, 0.25) is 15.9 Å². The minimum absolute atomic E-state index is 0.0740. The molecular weight excluding hydrogens is 328 g/mol. The van der Waals surface area contributed by atoms with Crippen molar-refractivity contribution in [1.82, 2.24) is 4.31 Å². The summed E-state index contributed by atoms with van der Waals surface area (Å²) >= 11 is 0. The van der Waals surface area contributed by atoms with Crippen LogP contribution in [0.5, 0.6) is 0 Å². The van der Waals surface area contributed by atoms with Gasteiger partial charge in [0.05, 0.1) is 17.4 Å². The Bertz CT molecular complexity index is 722. The third-order valence-electron chi connectivity index (χ3n) is 4.83. The Morgan fingerprint density at radius 1 is 1.33 bits per heavy atom. The van der Waals surface area contributed by atoms with E-state index >= 15 is 0 Å². The zero-order valence-corrected chi connectivity index (χ0v) is 15.0. The van der Waals surface area contributed by atoms with Crippen molar-refractivity contribution in [2.75, 3.05) is 37.7 Å². The van der Waals surface area contributed by atoms with Crippen LogP contribution >= 0.6 is 0 Å². The molecule has 132 valence electrons. The number of fused-ring (bicyclic) bond motifs is 1. The highest BCUT2D eigenvalue weighted by molar-refractivity contribution is 7.89. The van der Waals surface area contributed by atoms with Gasteiger partial charge >= 0.3 is 0 Å². The van der Waals surface area contributed by atoms with Gasteiger partial charge in [-0.3, -0.25) is 4.79 Å². The zero-order chi connectivity index (χ0) is 17.3. The van der Waals surface area contributed by atoms with Crippen molar-refractivity contribution in [1.29, 1.82) is 0 Å². The number of rotatable bonds is 5. The van der Waals surface area contributed by atoms with Crippen molar-refractivity contribution in [3.05, 3.63) is 23.8 Å². The van der Waals surface area contributed by atoms with Crippen LogP contribution in [-0.4, -0.2) is 51.5 Å². The highest BCUT2D eigenvalue weighted by Crippen LogP contribution is 2.33. The van der Waals surface area contributed by atoms with Crippen molar-refractivity contribution in [3.63, 3.8) is 0 Å². The Kier molecular flexibility index (Phi) is 4.94. The number of carbonyl (C=O) groups excluding carboxylic acids is 1. The van der Waals surface area contributed by atoms with E-state index in [2.05, 4.69) is 0 Å². The molecule has 2 aliphatic heterocycles. The Balaban J connectivity index is 1.87. The van der Waals surface area contributed by atoms with Gasteiger partial charge in [0, 0.05) is 31.9 Å². The lowest BCUT2D eigenvalue weighted by Gasteiger charge is -2.21. The molecule has 0 N–H and O–H groups in total. The van der Waals surface area contributed by atoms with Gasteiger partial charge in [-0.1, -0.05) is 13.8 Å². The fraction of sp³-hybridized carbons (Fsp3) is 0.588. The molecule has 1 aromatic rings. The summed E-state index contributed by atoms with van der Waals surface area (Å²) < 4.78 is 32.1. The number of amides is 1. The molecule has 1 unspecified atom stereocenters. The summed E-state index contributed by atoms with van der Waals surface area (Å²) in [7, 11) is -3.47. The van der Waals surface area contributed by atoms with E-state index in [4.69, 9.17) is 4.74 Å². The predicted molar refractivity (Wildman–Crippen MR) is 91.5 cm³/mol. The Hall–Kier alpha value is -1.44. The Morgan fingerprint density at radius 3 is 2.71 bits per heavy atom. The number of anilines is 1. The molecule has 0 aliphatic carbocycles. The van der Waals surface area contributed by atoms with Crippen LogP contribution in [0.4, 0.5) is 5.69 Å². The van der Waals surface area contributed by atoms with Crippen molar-refractivity contribution in [2.24, 2.45) is 5.92 Å². The first-order chi connectivity index (χ1) is 11.5. The fourth-order valence-electron chi connectivity index (χ4n) is 3.43. The summed E-state index contributed by atoms with van der Waals surface area (Å²) in [4.78, 5) is 14.7. The summed E-state index contributed by atoms with van der Waals surface area (Å²) in [5.41, 5.74) is 1.76. The van der Waals surface area contributed by atoms with E-state index in [1.54, 1.807) is 23.1 Å². The quantitative estimate of drug-likeness (QED) is 0.808. The first-order valence-electron chi connectivity index (χ1n) is 8.51. The number of nitrogens with zero attached hydrogens (tertiary/aromatic N) is 2. The average molecular weight is 352 g/mol. The highest BCUT2D eigenvalue weighted by Gasteiger charge is 2.33. The molecule has 0 bridgehead atoms. The maximum atomic E-state index is 12.6. The van der Waals surface area contributed by atoms with Gasteiger partial charge in [0.15, 0.2) is 0 Å². The maximum absolute atomic E-state index is 12.6. The summed E-state index contributed by atoms with van der Waals surface area (Å²) in [5.74, 6) is 0.0145. The lowest BCUT2D eigenvalue weighted by atomic mass is 10.1. The molecule has 0 spiro atoms. The van der Waals surface area contributed by atoms with Crippen LogP contribution in [0, 0.1) is 5.92 Å². The molecule has 1 saturated heterocycles. The van der Waals surface area contributed by atoms with E-state index < -0.39 is 10.0 Å². The number of ether oxygens (including phenoxy) is 1. The number of hydrogen-bond donors (Lipinski definition) is 0. The van der Waals surface area contributed by atoms with E-state index in [9.17, 15) is 13.2 Å². The first-order valence-corrected chi connectivity index (χ1v) is 9.95. The van der Waals surface area contributed by atoms with Crippen molar-refractivity contribution >= 4 is 21.6 Å². The molecule has 2 aliphatic rings. The van der Waals surface area contributed by atoms with Crippen LogP contribution in [-0.2, 0) is 26.0 Å².